The molecule has 2 rings (SSSR count). The van der Waals surface area contributed by atoms with E-state index in [2.05, 4.69) is 10.3 Å². The van der Waals surface area contributed by atoms with Gasteiger partial charge in [0.15, 0.2) is 6.10 Å². The van der Waals surface area contributed by atoms with Gasteiger partial charge in [-0.05, 0) is 52.3 Å². The molecule has 1 atom stereocenters. The Morgan fingerprint density at radius 3 is 2.14 bits per heavy atom. The number of carbonyl (C=O) groups excluding carboxylic acids is 3. The first-order chi connectivity index (χ1) is 13.5. The molecule has 0 radical (unpaired) electrons. The summed E-state index contributed by atoms with van der Waals surface area (Å²) in [6.07, 6.45) is -1.69. The molecule has 0 saturated heterocycles. The van der Waals surface area contributed by atoms with Crippen molar-refractivity contribution in [3.05, 3.63) is 52.3 Å². The van der Waals surface area contributed by atoms with Crippen molar-refractivity contribution >= 4 is 23.5 Å². The maximum Gasteiger partial charge on any atom is 0.355 e. The van der Waals surface area contributed by atoms with Gasteiger partial charge in [-0.2, -0.15) is 0 Å². The summed E-state index contributed by atoms with van der Waals surface area (Å²) in [7, 11) is 0. The van der Waals surface area contributed by atoms with Gasteiger partial charge in [-0.1, -0.05) is 6.07 Å². The van der Waals surface area contributed by atoms with Gasteiger partial charge in [0, 0.05) is 5.69 Å². The number of benzene rings is 1. The molecule has 1 aromatic carbocycles. The fraction of sp³-hybridized carbons (Fsp3) is 0.350. The van der Waals surface area contributed by atoms with E-state index in [1.807, 2.05) is 0 Å². The van der Waals surface area contributed by atoms with Crippen LogP contribution in [0.1, 0.15) is 52.9 Å². The largest absolute Gasteiger partial charge is 0.459 e. The average molecular weight is 408 g/mol. The Labute approximate surface area is 166 Å². The number of aromatic amines is 1. The summed E-state index contributed by atoms with van der Waals surface area (Å²) in [5.74, 6) is -4.32. The maximum absolute atomic E-state index is 13.7. The minimum absolute atomic E-state index is 0.0186. The van der Waals surface area contributed by atoms with Gasteiger partial charge >= 0.3 is 11.9 Å². The highest BCUT2D eigenvalue weighted by atomic mass is 19.1. The van der Waals surface area contributed by atoms with Gasteiger partial charge in [0.05, 0.1) is 11.7 Å². The molecular formula is C20H22F2N2O5. The SMILES string of the molecule is Cc1[nH]c(C(=O)O[C@@H](C)C(=O)Nc2c(F)cccc2F)c(C)c1C(=O)OC(C)C. The Kier molecular flexibility index (Phi) is 6.73. The van der Waals surface area contributed by atoms with Gasteiger partial charge < -0.3 is 19.8 Å². The number of para-hydroxylation sites is 1. The van der Waals surface area contributed by atoms with Gasteiger partial charge in [-0.15, -0.1) is 0 Å². The number of halogens is 2. The predicted octanol–water partition coefficient (Wildman–Crippen LogP) is 3.66. The van der Waals surface area contributed by atoms with Gasteiger partial charge in [0.25, 0.3) is 5.91 Å². The number of anilines is 1. The lowest BCUT2D eigenvalue weighted by molar-refractivity contribution is -0.123. The van der Waals surface area contributed by atoms with Crippen LogP contribution in [0.3, 0.4) is 0 Å². The van der Waals surface area contributed by atoms with Crippen molar-refractivity contribution < 1.29 is 32.6 Å². The monoisotopic (exact) mass is 408 g/mol. The summed E-state index contributed by atoms with van der Waals surface area (Å²) in [4.78, 5) is 39.6. The second-order valence-electron chi connectivity index (χ2n) is 6.71. The van der Waals surface area contributed by atoms with E-state index in [9.17, 15) is 23.2 Å². The Hall–Kier alpha value is -3.23. The van der Waals surface area contributed by atoms with E-state index in [-0.39, 0.29) is 17.4 Å². The molecule has 0 spiro atoms. The van der Waals surface area contributed by atoms with E-state index < -0.39 is 41.3 Å². The summed E-state index contributed by atoms with van der Waals surface area (Å²) in [5.41, 5.74) is 0.272. The summed E-state index contributed by atoms with van der Waals surface area (Å²) < 4.78 is 37.5. The molecule has 0 aliphatic rings. The summed E-state index contributed by atoms with van der Waals surface area (Å²) >= 11 is 0. The number of nitrogens with one attached hydrogen (secondary N) is 2. The zero-order valence-electron chi connectivity index (χ0n) is 16.7. The number of aromatic nitrogens is 1. The van der Waals surface area contributed by atoms with Crippen molar-refractivity contribution in [2.24, 2.45) is 0 Å². The Morgan fingerprint density at radius 1 is 1.00 bits per heavy atom. The van der Waals surface area contributed by atoms with Crippen molar-refractivity contribution in [1.29, 1.82) is 0 Å². The van der Waals surface area contributed by atoms with Crippen LogP contribution >= 0.6 is 0 Å². The Bertz CT molecular complexity index is 932. The van der Waals surface area contributed by atoms with Crippen LogP contribution in [0.25, 0.3) is 0 Å². The first kappa shape index (κ1) is 22.1. The average Bonchev–Trinajstić information content (AvgIpc) is 2.91. The van der Waals surface area contributed by atoms with E-state index in [0.29, 0.717) is 11.3 Å². The molecular weight excluding hydrogens is 386 g/mol. The number of amides is 1. The van der Waals surface area contributed by atoms with Crippen molar-refractivity contribution in [2.45, 2.75) is 46.8 Å². The molecule has 0 aliphatic carbocycles. The minimum Gasteiger partial charge on any atom is -0.459 e. The smallest absolute Gasteiger partial charge is 0.355 e. The van der Waals surface area contributed by atoms with Crippen LogP contribution in [-0.2, 0) is 14.3 Å². The number of hydrogen-bond acceptors (Lipinski definition) is 5. The highest BCUT2D eigenvalue weighted by Gasteiger charge is 2.27. The maximum atomic E-state index is 13.7. The normalized spacial score (nSPS) is 11.9. The number of ether oxygens (including phenoxy) is 2. The van der Waals surface area contributed by atoms with Crippen LogP contribution in [0, 0.1) is 25.5 Å². The number of H-pyrrole nitrogens is 1. The van der Waals surface area contributed by atoms with Gasteiger partial charge in [-0.3, -0.25) is 4.79 Å². The lowest BCUT2D eigenvalue weighted by Gasteiger charge is -2.14. The Morgan fingerprint density at radius 2 is 1.59 bits per heavy atom. The third kappa shape index (κ3) is 4.98. The quantitative estimate of drug-likeness (QED) is 0.711. The highest BCUT2D eigenvalue weighted by Crippen LogP contribution is 2.22. The molecule has 0 bridgehead atoms. The molecule has 2 N–H and O–H groups in total. The van der Waals surface area contributed by atoms with Crippen molar-refractivity contribution in [3.63, 3.8) is 0 Å². The van der Waals surface area contributed by atoms with E-state index in [1.54, 1.807) is 20.8 Å². The van der Waals surface area contributed by atoms with Crippen molar-refractivity contribution in [2.75, 3.05) is 5.32 Å². The molecule has 156 valence electrons. The van der Waals surface area contributed by atoms with E-state index in [0.717, 1.165) is 18.2 Å². The number of aryl methyl sites for hydroxylation is 1. The van der Waals surface area contributed by atoms with E-state index in [4.69, 9.17) is 9.47 Å². The number of esters is 2. The molecule has 1 heterocycles. The first-order valence-corrected chi connectivity index (χ1v) is 8.88. The zero-order valence-corrected chi connectivity index (χ0v) is 16.7. The van der Waals surface area contributed by atoms with Crippen LogP contribution in [0.4, 0.5) is 14.5 Å². The zero-order chi connectivity index (χ0) is 21.9. The summed E-state index contributed by atoms with van der Waals surface area (Å²) in [6.45, 7) is 7.78. The molecule has 1 aromatic heterocycles. The molecule has 0 unspecified atom stereocenters. The second kappa shape index (κ2) is 8.85. The van der Waals surface area contributed by atoms with Gasteiger partial charge in [-0.25, -0.2) is 18.4 Å². The van der Waals surface area contributed by atoms with Gasteiger partial charge in [0.2, 0.25) is 0 Å². The molecule has 0 aliphatic heterocycles. The third-order valence-electron chi connectivity index (χ3n) is 4.05. The fourth-order valence-electron chi connectivity index (χ4n) is 2.65. The molecule has 9 heteroatoms. The first-order valence-electron chi connectivity index (χ1n) is 8.88. The van der Waals surface area contributed by atoms with Crippen LogP contribution in [0.15, 0.2) is 18.2 Å². The third-order valence-corrected chi connectivity index (χ3v) is 4.05. The molecule has 0 fully saturated rings. The second-order valence-corrected chi connectivity index (χ2v) is 6.71. The lowest BCUT2D eigenvalue weighted by Crippen LogP contribution is -2.31. The van der Waals surface area contributed by atoms with Crippen molar-refractivity contribution in [3.8, 4) is 0 Å². The number of hydrogen-bond donors (Lipinski definition) is 2. The number of carbonyl (C=O) groups is 3. The standard InChI is InChI=1S/C20H22F2N2O5/c1-9(2)28-19(26)15-10(3)16(23-11(15)4)20(27)29-12(5)18(25)24-17-13(21)7-6-8-14(17)22/h6-9,12,23H,1-5H3,(H,24,25)/t12-/m0/s1. The molecule has 29 heavy (non-hydrogen) atoms. The molecule has 0 saturated carbocycles. The molecule has 1 amide bonds. The van der Waals surface area contributed by atoms with Crippen molar-refractivity contribution in [1.82, 2.24) is 4.98 Å². The molecule has 2 aromatic rings. The highest BCUT2D eigenvalue weighted by molar-refractivity contribution is 6.00. The van der Waals surface area contributed by atoms with Crippen LogP contribution in [0.5, 0.6) is 0 Å². The van der Waals surface area contributed by atoms with Crippen LogP contribution in [0.2, 0.25) is 0 Å². The van der Waals surface area contributed by atoms with Gasteiger partial charge in [0.1, 0.15) is 23.0 Å². The summed E-state index contributed by atoms with van der Waals surface area (Å²) in [5, 5.41) is 2.06. The fourth-order valence-corrected chi connectivity index (χ4v) is 2.65. The lowest BCUT2D eigenvalue weighted by atomic mass is 10.1. The molecule has 7 nitrogen and oxygen atoms in total. The summed E-state index contributed by atoms with van der Waals surface area (Å²) in [6, 6.07) is 3.12. The van der Waals surface area contributed by atoms with Crippen LogP contribution in [-0.4, -0.2) is 35.0 Å². The van der Waals surface area contributed by atoms with E-state index >= 15 is 0 Å². The number of rotatable bonds is 6. The van der Waals surface area contributed by atoms with Crippen LogP contribution < -0.4 is 5.32 Å². The minimum atomic E-state index is -1.35. The predicted molar refractivity (Wildman–Crippen MR) is 101 cm³/mol. The van der Waals surface area contributed by atoms with E-state index in [1.165, 1.54) is 13.8 Å². The topological polar surface area (TPSA) is 97.5 Å². The Balaban J connectivity index is 2.13.